The van der Waals surface area contributed by atoms with Crippen molar-refractivity contribution in [1.29, 1.82) is 5.26 Å². The van der Waals surface area contributed by atoms with Gasteiger partial charge in [-0.3, -0.25) is 0 Å². The third kappa shape index (κ3) is 4.23. The van der Waals surface area contributed by atoms with Gasteiger partial charge in [0.05, 0.1) is 0 Å². The number of anilines is 1. The first-order valence-corrected chi connectivity index (χ1v) is 7.80. The van der Waals surface area contributed by atoms with Crippen molar-refractivity contribution in [3.63, 3.8) is 0 Å². The highest BCUT2D eigenvalue weighted by Crippen LogP contribution is 2.20. The van der Waals surface area contributed by atoms with E-state index in [-0.39, 0.29) is 0 Å². The molecule has 2 aromatic heterocycles. The number of nitriles is 1. The highest BCUT2D eigenvalue weighted by molar-refractivity contribution is 8.00. The molecular weight excluding hydrogens is 276 g/mol. The van der Waals surface area contributed by atoms with E-state index in [1.807, 2.05) is 30.6 Å². The van der Waals surface area contributed by atoms with Crippen LogP contribution in [0.25, 0.3) is 0 Å². The minimum absolute atomic E-state index is 0.488. The van der Waals surface area contributed by atoms with Crippen LogP contribution in [-0.2, 0) is 0 Å². The SMILES string of the molecule is Cc1ccc(NCCCSc2nccs2)nc1C#N. The second-order valence-corrected chi connectivity index (χ2v) is 6.14. The Bertz CT molecular complexity index is 561. The summed E-state index contributed by atoms with van der Waals surface area (Å²) in [5, 5.41) is 14.1. The van der Waals surface area contributed by atoms with E-state index < -0.39 is 0 Å². The molecule has 2 rings (SSSR count). The van der Waals surface area contributed by atoms with Crippen LogP contribution in [-0.4, -0.2) is 22.3 Å². The molecule has 6 heteroatoms. The Kier molecular flexibility index (Phi) is 5.19. The lowest BCUT2D eigenvalue weighted by atomic mass is 10.2. The number of hydrogen-bond acceptors (Lipinski definition) is 6. The summed E-state index contributed by atoms with van der Waals surface area (Å²) >= 11 is 3.43. The molecule has 19 heavy (non-hydrogen) atoms. The molecule has 0 aliphatic rings. The van der Waals surface area contributed by atoms with Crippen LogP contribution in [0.15, 0.2) is 28.0 Å². The average molecular weight is 290 g/mol. The van der Waals surface area contributed by atoms with E-state index in [1.165, 1.54) is 0 Å². The summed E-state index contributed by atoms with van der Waals surface area (Å²) in [4.78, 5) is 8.47. The van der Waals surface area contributed by atoms with Crippen LogP contribution in [0.3, 0.4) is 0 Å². The molecular formula is C13H14N4S2. The van der Waals surface area contributed by atoms with Crippen molar-refractivity contribution in [2.75, 3.05) is 17.6 Å². The maximum absolute atomic E-state index is 8.91. The molecule has 0 fully saturated rings. The van der Waals surface area contributed by atoms with Gasteiger partial charge in [-0.2, -0.15) is 5.26 Å². The lowest BCUT2D eigenvalue weighted by molar-refractivity contribution is 0.976. The zero-order valence-corrected chi connectivity index (χ0v) is 12.2. The van der Waals surface area contributed by atoms with Crippen LogP contribution >= 0.6 is 23.1 Å². The van der Waals surface area contributed by atoms with Crippen LogP contribution in [0.1, 0.15) is 17.7 Å². The molecule has 0 radical (unpaired) electrons. The van der Waals surface area contributed by atoms with Crippen LogP contribution in [0.5, 0.6) is 0 Å². The summed E-state index contributed by atoms with van der Waals surface area (Å²) in [7, 11) is 0. The van der Waals surface area contributed by atoms with Gasteiger partial charge in [0.1, 0.15) is 21.9 Å². The van der Waals surface area contributed by atoms with Crippen molar-refractivity contribution in [1.82, 2.24) is 9.97 Å². The van der Waals surface area contributed by atoms with Crippen molar-refractivity contribution in [3.05, 3.63) is 35.0 Å². The molecule has 0 unspecified atom stereocenters. The monoisotopic (exact) mass is 290 g/mol. The Hall–Kier alpha value is -1.58. The fraction of sp³-hybridized carbons (Fsp3) is 0.308. The molecule has 0 aromatic carbocycles. The van der Waals surface area contributed by atoms with Crippen LogP contribution in [0.4, 0.5) is 5.82 Å². The fourth-order valence-corrected chi connectivity index (χ4v) is 3.12. The highest BCUT2D eigenvalue weighted by Gasteiger charge is 2.01. The van der Waals surface area contributed by atoms with Crippen molar-refractivity contribution in [2.45, 2.75) is 17.7 Å². The van der Waals surface area contributed by atoms with Gasteiger partial charge in [0, 0.05) is 23.9 Å². The average Bonchev–Trinajstić information content (AvgIpc) is 2.93. The zero-order chi connectivity index (χ0) is 13.5. The van der Waals surface area contributed by atoms with E-state index in [4.69, 9.17) is 5.26 Å². The summed E-state index contributed by atoms with van der Waals surface area (Å²) < 4.78 is 1.11. The fourth-order valence-electron chi connectivity index (χ4n) is 1.47. The molecule has 0 atom stereocenters. The van der Waals surface area contributed by atoms with E-state index in [9.17, 15) is 0 Å². The number of aryl methyl sites for hydroxylation is 1. The summed E-state index contributed by atoms with van der Waals surface area (Å²) in [5.74, 6) is 1.79. The zero-order valence-electron chi connectivity index (χ0n) is 10.6. The molecule has 0 aliphatic carbocycles. The van der Waals surface area contributed by atoms with Crippen LogP contribution in [0.2, 0.25) is 0 Å². The maximum Gasteiger partial charge on any atom is 0.149 e. The van der Waals surface area contributed by atoms with Crippen molar-refractivity contribution in [2.24, 2.45) is 0 Å². The molecule has 4 nitrogen and oxygen atoms in total. The molecule has 1 N–H and O–H groups in total. The third-order valence-corrected chi connectivity index (χ3v) is 4.52. The molecule has 0 saturated heterocycles. The first-order valence-electron chi connectivity index (χ1n) is 5.93. The van der Waals surface area contributed by atoms with Gasteiger partial charge in [0.2, 0.25) is 0 Å². The minimum Gasteiger partial charge on any atom is -0.370 e. The lowest BCUT2D eigenvalue weighted by Gasteiger charge is -2.06. The normalized spacial score (nSPS) is 10.1. The summed E-state index contributed by atoms with van der Waals surface area (Å²) in [6.07, 6.45) is 2.85. The van der Waals surface area contributed by atoms with Gasteiger partial charge < -0.3 is 5.32 Å². The molecule has 0 spiro atoms. The smallest absolute Gasteiger partial charge is 0.149 e. The molecule has 0 bridgehead atoms. The van der Waals surface area contributed by atoms with Crippen molar-refractivity contribution >= 4 is 28.9 Å². The van der Waals surface area contributed by atoms with E-state index in [0.29, 0.717) is 5.69 Å². The van der Waals surface area contributed by atoms with Gasteiger partial charge in [-0.1, -0.05) is 17.8 Å². The first-order chi connectivity index (χ1) is 9.29. The van der Waals surface area contributed by atoms with Gasteiger partial charge in [-0.25, -0.2) is 9.97 Å². The Balaban J connectivity index is 1.72. The lowest BCUT2D eigenvalue weighted by Crippen LogP contribution is -2.05. The Morgan fingerprint density at radius 2 is 2.37 bits per heavy atom. The summed E-state index contributed by atoms with van der Waals surface area (Å²) in [6.45, 7) is 2.74. The number of nitrogens with zero attached hydrogens (tertiary/aromatic N) is 3. The number of nitrogens with one attached hydrogen (secondary N) is 1. The molecule has 0 aliphatic heterocycles. The molecule has 98 valence electrons. The summed E-state index contributed by atoms with van der Waals surface area (Å²) in [6, 6.07) is 5.92. The second-order valence-electron chi connectivity index (χ2n) is 3.90. The first kappa shape index (κ1) is 13.8. The van der Waals surface area contributed by atoms with Gasteiger partial charge >= 0.3 is 0 Å². The number of rotatable bonds is 6. The van der Waals surface area contributed by atoms with Crippen molar-refractivity contribution in [3.8, 4) is 6.07 Å². The van der Waals surface area contributed by atoms with E-state index in [0.717, 1.165) is 34.4 Å². The predicted octanol–water partition coefficient (Wildman–Crippen LogP) is 3.31. The van der Waals surface area contributed by atoms with Gasteiger partial charge in [-0.15, -0.1) is 11.3 Å². The van der Waals surface area contributed by atoms with E-state index >= 15 is 0 Å². The molecule has 0 amide bonds. The van der Waals surface area contributed by atoms with Crippen LogP contribution in [0, 0.1) is 18.3 Å². The van der Waals surface area contributed by atoms with E-state index in [1.54, 1.807) is 23.1 Å². The van der Waals surface area contributed by atoms with E-state index in [2.05, 4.69) is 21.4 Å². The standard InChI is InChI=1S/C13H14N4S2/c1-10-3-4-12(17-11(10)9-14)15-5-2-7-18-13-16-6-8-19-13/h3-4,6,8H,2,5,7H2,1H3,(H,15,17). The second kappa shape index (κ2) is 7.12. The van der Waals surface area contributed by atoms with Gasteiger partial charge in [0.25, 0.3) is 0 Å². The van der Waals surface area contributed by atoms with Crippen LogP contribution < -0.4 is 5.32 Å². The largest absolute Gasteiger partial charge is 0.370 e. The topological polar surface area (TPSA) is 61.6 Å². The molecule has 2 aromatic rings. The number of thioether (sulfide) groups is 1. The third-order valence-electron chi connectivity index (χ3n) is 2.47. The van der Waals surface area contributed by atoms with Gasteiger partial charge in [0.15, 0.2) is 0 Å². The summed E-state index contributed by atoms with van der Waals surface area (Å²) in [5.41, 5.74) is 1.40. The maximum atomic E-state index is 8.91. The number of aromatic nitrogens is 2. The number of hydrogen-bond donors (Lipinski definition) is 1. The predicted molar refractivity (Wildman–Crippen MR) is 79.6 cm³/mol. The van der Waals surface area contributed by atoms with Gasteiger partial charge in [-0.05, 0) is 25.0 Å². The Labute approximate surface area is 120 Å². The number of thiazole rings is 1. The van der Waals surface area contributed by atoms with Crippen molar-refractivity contribution < 1.29 is 0 Å². The highest BCUT2D eigenvalue weighted by atomic mass is 32.2. The Morgan fingerprint density at radius 3 is 3.11 bits per heavy atom. The number of pyridine rings is 1. The molecule has 2 heterocycles. The molecule has 0 saturated carbocycles. The quantitative estimate of drug-likeness (QED) is 0.653. The minimum atomic E-state index is 0.488. The Morgan fingerprint density at radius 1 is 1.47 bits per heavy atom.